The average Bonchev–Trinajstić information content (AvgIpc) is 2.68. The molecule has 0 aromatic heterocycles. The molecule has 1 saturated heterocycles. The van der Waals surface area contributed by atoms with Crippen LogP contribution in [0.15, 0.2) is 36.4 Å². The Morgan fingerprint density at radius 1 is 1.19 bits per heavy atom. The van der Waals surface area contributed by atoms with E-state index >= 15 is 0 Å². The molecule has 2 atom stereocenters. The highest BCUT2D eigenvalue weighted by Gasteiger charge is 2.37. The SMILES string of the molecule is CC(C)(C)c1ccc(NC(=O)N2C3C=CCC2CC3)cc1. The van der Waals surface area contributed by atoms with E-state index in [4.69, 9.17) is 0 Å². The molecule has 1 fully saturated rings. The Bertz CT molecular complexity index is 554. The minimum Gasteiger partial charge on any atom is -0.315 e. The fourth-order valence-electron chi connectivity index (χ4n) is 3.28. The van der Waals surface area contributed by atoms with E-state index < -0.39 is 0 Å². The predicted molar refractivity (Wildman–Crippen MR) is 86.6 cm³/mol. The molecule has 2 amide bonds. The maximum Gasteiger partial charge on any atom is 0.322 e. The molecule has 2 heterocycles. The summed E-state index contributed by atoms with van der Waals surface area (Å²) in [6.45, 7) is 6.58. The summed E-state index contributed by atoms with van der Waals surface area (Å²) < 4.78 is 0. The monoisotopic (exact) mass is 284 g/mol. The van der Waals surface area contributed by atoms with Gasteiger partial charge in [0.25, 0.3) is 0 Å². The van der Waals surface area contributed by atoms with Crippen molar-refractivity contribution < 1.29 is 4.79 Å². The lowest BCUT2D eigenvalue weighted by Crippen LogP contribution is -2.44. The van der Waals surface area contributed by atoms with Crippen LogP contribution < -0.4 is 5.32 Å². The van der Waals surface area contributed by atoms with E-state index in [1.54, 1.807) is 0 Å². The minimum absolute atomic E-state index is 0.0374. The van der Waals surface area contributed by atoms with Crippen LogP contribution in [0.4, 0.5) is 10.5 Å². The lowest BCUT2D eigenvalue weighted by atomic mass is 9.87. The summed E-state index contributed by atoms with van der Waals surface area (Å²) in [4.78, 5) is 14.5. The number of nitrogens with zero attached hydrogens (tertiary/aromatic N) is 1. The average molecular weight is 284 g/mol. The number of rotatable bonds is 1. The van der Waals surface area contributed by atoms with Crippen LogP contribution in [-0.2, 0) is 5.41 Å². The maximum absolute atomic E-state index is 12.5. The van der Waals surface area contributed by atoms with Gasteiger partial charge in [0.15, 0.2) is 0 Å². The number of carbonyl (C=O) groups excluding carboxylic acids is 1. The number of fused-ring (bicyclic) bond motifs is 2. The molecule has 1 aromatic carbocycles. The number of benzene rings is 1. The molecule has 3 nitrogen and oxygen atoms in total. The molecule has 3 rings (SSSR count). The normalized spacial score (nSPS) is 24.2. The molecule has 112 valence electrons. The second-order valence-corrected chi connectivity index (χ2v) is 7.13. The van der Waals surface area contributed by atoms with Crippen LogP contribution in [0, 0.1) is 0 Å². The fourth-order valence-corrected chi connectivity index (χ4v) is 3.28. The topological polar surface area (TPSA) is 32.3 Å². The largest absolute Gasteiger partial charge is 0.322 e. The van der Waals surface area contributed by atoms with Crippen molar-refractivity contribution >= 4 is 11.7 Å². The van der Waals surface area contributed by atoms with Crippen molar-refractivity contribution in [2.45, 2.75) is 57.5 Å². The third kappa shape index (κ3) is 2.82. The zero-order valence-corrected chi connectivity index (χ0v) is 13.1. The fraction of sp³-hybridized carbons (Fsp3) is 0.500. The number of urea groups is 1. The first-order valence-corrected chi connectivity index (χ1v) is 7.82. The third-order valence-corrected chi connectivity index (χ3v) is 4.55. The van der Waals surface area contributed by atoms with Gasteiger partial charge in [-0.2, -0.15) is 0 Å². The van der Waals surface area contributed by atoms with Crippen LogP contribution in [0.3, 0.4) is 0 Å². The zero-order chi connectivity index (χ0) is 15.0. The number of hydrogen-bond acceptors (Lipinski definition) is 1. The van der Waals surface area contributed by atoms with Crippen LogP contribution in [0.2, 0.25) is 0 Å². The van der Waals surface area contributed by atoms with E-state index in [9.17, 15) is 4.79 Å². The predicted octanol–water partition coefficient (Wildman–Crippen LogP) is 4.31. The quantitative estimate of drug-likeness (QED) is 0.766. The van der Waals surface area contributed by atoms with Crippen molar-refractivity contribution in [1.82, 2.24) is 4.90 Å². The van der Waals surface area contributed by atoms with Crippen LogP contribution in [0.1, 0.15) is 45.6 Å². The molecule has 3 heteroatoms. The summed E-state index contributed by atoms with van der Waals surface area (Å²) in [6, 6.07) is 8.91. The van der Waals surface area contributed by atoms with Crippen molar-refractivity contribution in [2.24, 2.45) is 0 Å². The first-order valence-electron chi connectivity index (χ1n) is 7.82. The van der Waals surface area contributed by atoms with Crippen molar-refractivity contribution in [3.63, 3.8) is 0 Å². The Hall–Kier alpha value is -1.77. The smallest absolute Gasteiger partial charge is 0.315 e. The number of amides is 2. The summed E-state index contributed by atoms with van der Waals surface area (Å²) in [5.41, 5.74) is 2.29. The minimum atomic E-state index is 0.0374. The highest BCUT2D eigenvalue weighted by molar-refractivity contribution is 5.90. The Kier molecular flexibility index (Phi) is 3.52. The number of nitrogens with one attached hydrogen (secondary N) is 1. The van der Waals surface area contributed by atoms with E-state index in [-0.39, 0.29) is 17.5 Å². The first kappa shape index (κ1) is 14.2. The molecule has 0 aliphatic carbocycles. The summed E-state index contributed by atoms with van der Waals surface area (Å²) in [6.07, 6.45) is 7.59. The Labute approximate surface area is 127 Å². The van der Waals surface area contributed by atoms with E-state index in [0.29, 0.717) is 6.04 Å². The maximum atomic E-state index is 12.5. The van der Waals surface area contributed by atoms with Crippen molar-refractivity contribution in [3.8, 4) is 0 Å². The van der Waals surface area contributed by atoms with Gasteiger partial charge in [-0.15, -0.1) is 0 Å². The highest BCUT2D eigenvalue weighted by Crippen LogP contribution is 2.32. The van der Waals surface area contributed by atoms with E-state index in [2.05, 4.69) is 50.4 Å². The second-order valence-electron chi connectivity index (χ2n) is 7.13. The molecule has 0 spiro atoms. The summed E-state index contributed by atoms with van der Waals surface area (Å²) in [7, 11) is 0. The van der Waals surface area contributed by atoms with Gasteiger partial charge < -0.3 is 10.2 Å². The molecule has 0 saturated carbocycles. The number of anilines is 1. The van der Waals surface area contributed by atoms with E-state index in [0.717, 1.165) is 24.9 Å². The van der Waals surface area contributed by atoms with Gasteiger partial charge in [0.2, 0.25) is 0 Å². The lowest BCUT2D eigenvalue weighted by molar-refractivity contribution is 0.192. The van der Waals surface area contributed by atoms with Gasteiger partial charge in [-0.3, -0.25) is 0 Å². The van der Waals surface area contributed by atoms with Crippen molar-refractivity contribution in [3.05, 3.63) is 42.0 Å². The highest BCUT2D eigenvalue weighted by atomic mass is 16.2. The molecule has 2 aliphatic heterocycles. The Balaban J connectivity index is 1.69. The standard InChI is InChI=1S/C18H24N2O/c1-18(2,3)13-7-9-14(10-8-13)19-17(21)20-15-5-4-6-16(20)12-11-15/h4-5,7-10,15-16H,6,11-12H2,1-3H3,(H,19,21). The third-order valence-electron chi connectivity index (χ3n) is 4.55. The Morgan fingerprint density at radius 2 is 1.90 bits per heavy atom. The lowest BCUT2D eigenvalue weighted by Gasteiger charge is -2.31. The molecule has 1 N–H and O–H groups in total. The molecular weight excluding hydrogens is 260 g/mol. The van der Waals surface area contributed by atoms with Gasteiger partial charge in [-0.1, -0.05) is 45.1 Å². The summed E-state index contributed by atoms with van der Waals surface area (Å²) >= 11 is 0. The Morgan fingerprint density at radius 3 is 2.52 bits per heavy atom. The zero-order valence-electron chi connectivity index (χ0n) is 13.1. The van der Waals surface area contributed by atoms with Gasteiger partial charge in [0.1, 0.15) is 0 Å². The van der Waals surface area contributed by atoms with Gasteiger partial charge in [-0.25, -0.2) is 4.79 Å². The van der Waals surface area contributed by atoms with Gasteiger partial charge in [0.05, 0.1) is 6.04 Å². The van der Waals surface area contributed by atoms with Crippen LogP contribution in [0.25, 0.3) is 0 Å². The second kappa shape index (κ2) is 5.21. The van der Waals surface area contributed by atoms with Crippen LogP contribution in [-0.4, -0.2) is 23.0 Å². The number of carbonyl (C=O) groups is 1. The molecule has 21 heavy (non-hydrogen) atoms. The molecular formula is C18H24N2O. The van der Waals surface area contributed by atoms with Gasteiger partial charge >= 0.3 is 6.03 Å². The molecule has 2 bridgehead atoms. The molecule has 2 unspecified atom stereocenters. The summed E-state index contributed by atoms with van der Waals surface area (Å²) in [5, 5.41) is 3.04. The number of hydrogen-bond donors (Lipinski definition) is 1. The van der Waals surface area contributed by atoms with Crippen molar-refractivity contribution in [2.75, 3.05) is 5.32 Å². The van der Waals surface area contributed by atoms with Crippen LogP contribution in [0.5, 0.6) is 0 Å². The van der Waals surface area contributed by atoms with E-state index in [1.807, 2.05) is 17.0 Å². The van der Waals surface area contributed by atoms with Crippen LogP contribution >= 0.6 is 0 Å². The van der Waals surface area contributed by atoms with Gasteiger partial charge in [-0.05, 0) is 42.4 Å². The first-order chi connectivity index (χ1) is 9.95. The van der Waals surface area contributed by atoms with E-state index in [1.165, 1.54) is 5.56 Å². The van der Waals surface area contributed by atoms with Crippen molar-refractivity contribution in [1.29, 1.82) is 0 Å². The molecule has 1 aromatic rings. The molecule has 2 aliphatic rings. The summed E-state index contributed by atoms with van der Waals surface area (Å²) in [5.74, 6) is 0. The van der Waals surface area contributed by atoms with Gasteiger partial charge in [0, 0.05) is 11.7 Å². The molecule has 0 radical (unpaired) electrons.